The first-order valence-electron chi connectivity index (χ1n) is 6.90. The van der Waals surface area contributed by atoms with E-state index < -0.39 is 5.97 Å². The highest BCUT2D eigenvalue weighted by molar-refractivity contribution is 5.91. The lowest BCUT2D eigenvalue weighted by atomic mass is 10.0. The Morgan fingerprint density at radius 2 is 1.95 bits per heavy atom. The van der Waals surface area contributed by atoms with E-state index in [1.54, 1.807) is 13.0 Å². The highest BCUT2D eigenvalue weighted by Crippen LogP contribution is 2.27. The number of nitrogens with zero attached hydrogens (tertiary/aromatic N) is 1. The lowest BCUT2D eigenvalue weighted by Crippen LogP contribution is -2.36. The van der Waals surface area contributed by atoms with Crippen LogP contribution in [0.4, 0.5) is 0 Å². The van der Waals surface area contributed by atoms with Crippen LogP contribution in [0, 0.1) is 13.8 Å². The Bertz CT molecular complexity index is 505. The molecule has 0 aliphatic carbocycles. The number of hydrogen-bond donors (Lipinski definition) is 1. The summed E-state index contributed by atoms with van der Waals surface area (Å²) in [6.07, 6.45) is 1.67. The first-order chi connectivity index (χ1) is 9.36. The molecule has 1 N–H and O–H groups in total. The third kappa shape index (κ3) is 3.28. The molecule has 0 radical (unpaired) electrons. The number of hydrogen-bond acceptors (Lipinski definition) is 4. The van der Waals surface area contributed by atoms with Gasteiger partial charge in [-0.25, -0.2) is 9.78 Å². The number of aryl methyl sites for hydroxylation is 2. The molecule has 1 aromatic heterocycles. The summed E-state index contributed by atoms with van der Waals surface area (Å²) >= 11 is 0. The number of aromatic carboxylic acids is 1. The molecule has 1 aromatic rings. The average Bonchev–Trinajstić information content (AvgIpc) is 2.25. The molecule has 110 valence electrons. The van der Waals surface area contributed by atoms with Gasteiger partial charge in [-0.15, -0.1) is 0 Å². The number of rotatable bonds is 3. The largest absolute Gasteiger partial charge is 0.477 e. The Labute approximate surface area is 118 Å². The number of pyridine rings is 1. The number of ether oxygens (including phenoxy) is 2. The summed E-state index contributed by atoms with van der Waals surface area (Å²) in [6.45, 7) is 7.60. The molecular weight excluding hydrogens is 258 g/mol. The van der Waals surface area contributed by atoms with Crippen LogP contribution >= 0.6 is 0 Å². The molecule has 0 bridgehead atoms. The summed E-state index contributed by atoms with van der Waals surface area (Å²) < 4.78 is 11.5. The number of carboxylic acid groups (broad SMARTS) is 1. The van der Waals surface area contributed by atoms with E-state index in [-0.39, 0.29) is 29.8 Å². The van der Waals surface area contributed by atoms with Gasteiger partial charge < -0.3 is 14.6 Å². The normalized spacial score (nSPS) is 26.3. The van der Waals surface area contributed by atoms with Crippen molar-refractivity contribution in [3.63, 3.8) is 0 Å². The van der Waals surface area contributed by atoms with Gasteiger partial charge in [0, 0.05) is 18.5 Å². The molecule has 0 aromatic carbocycles. The lowest BCUT2D eigenvalue weighted by Gasteiger charge is -2.32. The number of aromatic nitrogens is 1. The topological polar surface area (TPSA) is 68.7 Å². The van der Waals surface area contributed by atoms with Crippen molar-refractivity contribution in [3.8, 4) is 5.88 Å². The second kappa shape index (κ2) is 5.79. The smallest absolute Gasteiger partial charge is 0.341 e. The highest BCUT2D eigenvalue weighted by atomic mass is 16.5. The fraction of sp³-hybridized carbons (Fsp3) is 0.600. The molecule has 2 unspecified atom stereocenters. The fourth-order valence-electron chi connectivity index (χ4n) is 2.75. The summed E-state index contributed by atoms with van der Waals surface area (Å²) in [5.74, 6) is -0.778. The van der Waals surface area contributed by atoms with Gasteiger partial charge in [-0.05, 0) is 39.3 Å². The van der Waals surface area contributed by atoms with Crippen LogP contribution in [0.15, 0.2) is 6.07 Å². The zero-order valence-electron chi connectivity index (χ0n) is 12.3. The zero-order chi connectivity index (χ0) is 14.9. The van der Waals surface area contributed by atoms with Gasteiger partial charge in [-0.1, -0.05) is 0 Å². The summed E-state index contributed by atoms with van der Waals surface area (Å²) in [4.78, 5) is 15.6. The van der Waals surface area contributed by atoms with Gasteiger partial charge in [0.25, 0.3) is 0 Å². The molecule has 1 aliphatic heterocycles. The Balaban J connectivity index is 2.26. The van der Waals surface area contributed by atoms with E-state index in [0.717, 1.165) is 18.5 Å². The van der Waals surface area contributed by atoms with Crippen LogP contribution in [-0.2, 0) is 4.74 Å². The van der Waals surface area contributed by atoms with Crippen molar-refractivity contribution < 1.29 is 19.4 Å². The molecule has 0 spiro atoms. The SMILES string of the molecule is Cc1cc(C)c(C(=O)O)c(OC2CC(C)OC(C)C2)n1. The second-order valence-electron chi connectivity index (χ2n) is 5.53. The van der Waals surface area contributed by atoms with Gasteiger partial charge in [-0.3, -0.25) is 0 Å². The predicted octanol–water partition coefficient (Wildman–Crippen LogP) is 2.73. The van der Waals surface area contributed by atoms with E-state index in [0.29, 0.717) is 5.56 Å². The van der Waals surface area contributed by atoms with Crippen molar-refractivity contribution >= 4 is 5.97 Å². The first-order valence-corrected chi connectivity index (χ1v) is 6.90. The summed E-state index contributed by atoms with van der Waals surface area (Å²) in [7, 11) is 0. The van der Waals surface area contributed by atoms with Crippen molar-refractivity contribution in [1.29, 1.82) is 0 Å². The molecule has 0 amide bonds. The molecule has 1 aliphatic rings. The molecule has 0 saturated carbocycles. The summed E-state index contributed by atoms with van der Waals surface area (Å²) in [5.41, 5.74) is 1.59. The number of carboxylic acids is 1. The minimum Gasteiger partial charge on any atom is -0.477 e. The van der Waals surface area contributed by atoms with Gasteiger partial charge in [-0.2, -0.15) is 0 Å². The molecule has 5 nitrogen and oxygen atoms in total. The molecule has 20 heavy (non-hydrogen) atoms. The molecule has 1 fully saturated rings. The standard InChI is InChI=1S/C15H21NO4/c1-8-5-9(2)16-14(13(8)15(17)18)20-12-6-10(3)19-11(4)7-12/h5,10-12H,6-7H2,1-4H3,(H,17,18). The van der Waals surface area contributed by atoms with Crippen molar-refractivity contribution in [2.24, 2.45) is 0 Å². The van der Waals surface area contributed by atoms with Crippen molar-refractivity contribution in [3.05, 3.63) is 22.9 Å². The van der Waals surface area contributed by atoms with Crippen LogP contribution in [0.3, 0.4) is 0 Å². The van der Waals surface area contributed by atoms with Crippen LogP contribution in [0.2, 0.25) is 0 Å². The molecular formula is C15H21NO4. The minimum atomic E-state index is -1.00. The molecule has 2 atom stereocenters. The Kier molecular flexibility index (Phi) is 4.28. The molecule has 5 heteroatoms. The van der Waals surface area contributed by atoms with Gasteiger partial charge in [0.05, 0.1) is 12.2 Å². The van der Waals surface area contributed by atoms with E-state index in [4.69, 9.17) is 9.47 Å². The third-order valence-electron chi connectivity index (χ3n) is 3.46. The monoisotopic (exact) mass is 279 g/mol. The van der Waals surface area contributed by atoms with Crippen molar-refractivity contribution in [2.75, 3.05) is 0 Å². The van der Waals surface area contributed by atoms with Crippen LogP contribution in [0.25, 0.3) is 0 Å². The van der Waals surface area contributed by atoms with Crippen molar-refractivity contribution in [1.82, 2.24) is 4.98 Å². The van der Waals surface area contributed by atoms with Gasteiger partial charge in [0.15, 0.2) is 0 Å². The first kappa shape index (κ1) is 14.8. The van der Waals surface area contributed by atoms with Crippen molar-refractivity contribution in [2.45, 2.75) is 58.8 Å². The van der Waals surface area contributed by atoms with Gasteiger partial charge in [0.1, 0.15) is 11.7 Å². The van der Waals surface area contributed by atoms with Gasteiger partial charge in [0.2, 0.25) is 5.88 Å². The Morgan fingerprint density at radius 1 is 1.35 bits per heavy atom. The molecule has 2 heterocycles. The quantitative estimate of drug-likeness (QED) is 0.921. The highest BCUT2D eigenvalue weighted by Gasteiger charge is 2.28. The Hall–Kier alpha value is -1.62. The summed E-state index contributed by atoms with van der Waals surface area (Å²) in [5, 5.41) is 9.33. The lowest BCUT2D eigenvalue weighted by molar-refractivity contribution is -0.0731. The third-order valence-corrected chi connectivity index (χ3v) is 3.46. The van der Waals surface area contributed by atoms with Crippen LogP contribution in [-0.4, -0.2) is 34.4 Å². The van der Waals surface area contributed by atoms with Crippen LogP contribution in [0.5, 0.6) is 5.88 Å². The van der Waals surface area contributed by atoms with E-state index in [2.05, 4.69) is 4.98 Å². The summed E-state index contributed by atoms with van der Waals surface area (Å²) in [6, 6.07) is 1.76. The van der Waals surface area contributed by atoms with Gasteiger partial charge >= 0.3 is 5.97 Å². The van der Waals surface area contributed by atoms with E-state index in [9.17, 15) is 9.90 Å². The van der Waals surface area contributed by atoms with E-state index in [1.165, 1.54) is 0 Å². The predicted molar refractivity (Wildman–Crippen MR) is 74.3 cm³/mol. The second-order valence-corrected chi connectivity index (χ2v) is 5.53. The van der Waals surface area contributed by atoms with Crippen LogP contribution in [0.1, 0.15) is 48.3 Å². The average molecular weight is 279 g/mol. The molecule has 2 rings (SSSR count). The van der Waals surface area contributed by atoms with E-state index >= 15 is 0 Å². The Morgan fingerprint density at radius 3 is 2.50 bits per heavy atom. The zero-order valence-corrected chi connectivity index (χ0v) is 12.3. The molecule has 1 saturated heterocycles. The maximum absolute atomic E-state index is 11.4. The van der Waals surface area contributed by atoms with E-state index in [1.807, 2.05) is 20.8 Å². The fourth-order valence-corrected chi connectivity index (χ4v) is 2.75. The maximum atomic E-state index is 11.4. The maximum Gasteiger partial charge on any atom is 0.341 e. The van der Waals surface area contributed by atoms with Crippen LogP contribution < -0.4 is 4.74 Å². The number of carbonyl (C=O) groups is 1. The minimum absolute atomic E-state index is 0.0550.